The van der Waals surface area contributed by atoms with Crippen LogP contribution in [0.3, 0.4) is 0 Å². The molecule has 22 heavy (non-hydrogen) atoms. The van der Waals surface area contributed by atoms with E-state index in [2.05, 4.69) is 5.32 Å². The number of carboxylic acid groups (broad SMARTS) is 1. The maximum Gasteiger partial charge on any atom is 0.317 e. The summed E-state index contributed by atoms with van der Waals surface area (Å²) in [5.41, 5.74) is 0. The van der Waals surface area contributed by atoms with Crippen LogP contribution in [0.2, 0.25) is 0 Å². The molecule has 1 saturated carbocycles. The SMILES string of the molecule is CN(CCC(=O)O)C(=O)NCC1COC2(CCCCCC2)O1. The predicted molar refractivity (Wildman–Crippen MR) is 79.5 cm³/mol. The quantitative estimate of drug-likeness (QED) is 0.804. The van der Waals surface area contributed by atoms with E-state index in [0.717, 1.165) is 25.7 Å². The van der Waals surface area contributed by atoms with E-state index in [-0.39, 0.29) is 25.1 Å². The van der Waals surface area contributed by atoms with Crippen LogP contribution in [0, 0.1) is 0 Å². The van der Waals surface area contributed by atoms with Crippen molar-refractivity contribution in [3.8, 4) is 0 Å². The van der Waals surface area contributed by atoms with Crippen LogP contribution in [0.4, 0.5) is 4.79 Å². The van der Waals surface area contributed by atoms with Gasteiger partial charge in [-0.05, 0) is 12.8 Å². The van der Waals surface area contributed by atoms with E-state index >= 15 is 0 Å². The number of ether oxygens (including phenoxy) is 2. The van der Waals surface area contributed by atoms with Gasteiger partial charge in [-0.15, -0.1) is 0 Å². The van der Waals surface area contributed by atoms with Gasteiger partial charge in [0, 0.05) is 33.0 Å². The van der Waals surface area contributed by atoms with Crippen molar-refractivity contribution in [1.82, 2.24) is 10.2 Å². The molecule has 0 aromatic carbocycles. The molecule has 7 nitrogen and oxygen atoms in total. The lowest BCUT2D eigenvalue weighted by atomic mass is 10.1. The Morgan fingerprint density at radius 3 is 2.59 bits per heavy atom. The number of carboxylic acids is 1. The highest BCUT2D eigenvalue weighted by Crippen LogP contribution is 2.36. The molecule has 1 heterocycles. The molecule has 7 heteroatoms. The van der Waals surface area contributed by atoms with E-state index in [4.69, 9.17) is 14.6 Å². The number of hydrogen-bond donors (Lipinski definition) is 2. The van der Waals surface area contributed by atoms with Gasteiger partial charge in [-0.3, -0.25) is 4.79 Å². The Bertz CT molecular complexity index is 393. The first kappa shape index (κ1) is 17.0. The topological polar surface area (TPSA) is 88.1 Å². The molecule has 2 aliphatic rings. The van der Waals surface area contributed by atoms with Gasteiger partial charge in [0.2, 0.25) is 0 Å². The fraction of sp³-hybridized carbons (Fsp3) is 0.867. The first-order chi connectivity index (χ1) is 10.5. The highest BCUT2D eigenvalue weighted by molar-refractivity contribution is 5.75. The molecule has 2 N–H and O–H groups in total. The molecule has 0 bridgehead atoms. The van der Waals surface area contributed by atoms with Crippen LogP contribution >= 0.6 is 0 Å². The number of nitrogens with zero attached hydrogens (tertiary/aromatic N) is 1. The van der Waals surface area contributed by atoms with Gasteiger partial charge in [-0.1, -0.05) is 12.8 Å². The molecule has 0 aromatic heterocycles. The number of hydrogen-bond acceptors (Lipinski definition) is 4. The molecule has 1 aliphatic heterocycles. The van der Waals surface area contributed by atoms with Gasteiger partial charge in [0.05, 0.1) is 13.0 Å². The molecule has 0 radical (unpaired) electrons. The van der Waals surface area contributed by atoms with Crippen LogP contribution in [0.25, 0.3) is 0 Å². The summed E-state index contributed by atoms with van der Waals surface area (Å²) in [7, 11) is 1.58. The molecule has 2 rings (SSSR count). The Labute approximate surface area is 130 Å². The van der Waals surface area contributed by atoms with E-state index in [0.29, 0.717) is 13.2 Å². The van der Waals surface area contributed by atoms with Crippen LogP contribution in [-0.2, 0) is 14.3 Å². The number of carbonyl (C=O) groups excluding carboxylic acids is 1. The average Bonchev–Trinajstić information content (AvgIpc) is 2.74. The third-order valence-corrected chi connectivity index (χ3v) is 4.27. The minimum absolute atomic E-state index is 0.0595. The minimum atomic E-state index is -0.914. The summed E-state index contributed by atoms with van der Waals surface area (Å²) < 4.78 is 11.9. The molecule has 1 unspecified atom stereocenters. The molecular formula is C15H26N2O5. The first-order valence-corrected chi connectivity index (χ1v) is 8.03. The van der Waals surface area contributed by atoms with Crippen molar-refractivity contribution in [3.05, 3.63) is 0 Å². The van der Waals surface area contributed by atoms with Crippen molar-refractivity contribution in [2.75, 3.05) is 26.7 Å². The number of carbonyl (C=O) groups is 2. The molecule has 1 aliphatic carbocycles. The second-order valence-corrected chi connectivity index (χ2v) is 6.13. The van der Waals surface area contributed by atoms with Crippen LogP contribution < -0.4 is 5.32 Å². The summed E-state index contributed by atoms with van der Waals surface area (Å²) in [4.78, 5) is 23.7. The summed E-state index contributed by atoms with van der Waals surface area (Å²) in [6.45, 7) is 1.07. The zero-order valence-corrected chi connectivity index (χ0v) is 13.2. The highest BCUT2D eigenvalue weighted by Gasteiger charge is 2.41. The van der Waals surface area contributed by atoms with E-state index in [9.17, 15) is 9.59 Å². The fourth-order valence-corrected chi connectivity index (χ4v) is 2.95. The molecular weight excluding hydrogens is 288 g/mol. The van der Waals surface area contributed by atoms with E-state index in [1.807, 2.05) is 0 Å². The van der Waals surface area contributed by atoms with Crippen molar-refractivity contribution in [2.24, 2.45) is 0 Å². The zero-order chi connectivity index (χ0) is 16.0. The third kappa shape index (κ3) is 4.84. The lowest BCUT2D eigenvalue weighted by Gasteiger charge is -2.26. The predicted octanol–water partition coefficient (Wildman–Crippen LogP) is 1.57. The second-order valence-electron chi connectivity index (χ2n) is 6.13. The molecule has 1 spiro atoms. The van der Waals surface area contributed by atoms with Crippen LogP contribution in [0.15, 0.2) is 0 Å². The first-order valence-electron chi connectivity index (χ1n) is 8.03. The Morgan fingerprint density at radius 2 is 1.95 bits per heavy atom. The molecule has 1 saturated heterocycles. The van der Waals surface area contributed by atoms with Gasteiger partial charge in [0.1, 0.15) is 6.10 Å². The number of aliphatic carboxylic acids is 1. The number of nitrogens with one attached hydrogen (secondary N) is 1. The maximum absolute atomic E-state index is 11.9. The largest absolute Gasteiger partial charge is 0.481 e. The zero-order valence-electron chi connectivity index (χ0n) is 13.2. The summed E-state index contributed by atoms with van der Waals surface area (Å²) in [5, 5.41) is 11.4. The molecule has 1 atom stereocenters. The highest BCUT2D eigenvalue weighted by atomic mass is 16.7. The Morgan fingerprint density at radius 1 is 1.27 bits per heavy atom. The summed E-state index contributed by atoms with van der Waals surface area (Å²) in [6.07, 6.45) is 6.36. The minimum Gasteiger partial charge on any atom is -0.481 e. The summed E-state index contributed by atoms with van der Waals surface area (Å²) >= 11 is 0. The lowest BCUT2D eigenvalue weighted by molar-refractivity contribution is -0.175. The van der Waals surface area contributed by atoms with Crippen molar-refractivity contribution in [2.45, 2.75) is 56.8 Å². The van der Waals surface area contributed by atoms with Gasteiger partial charge in [-0.25, -0.2) is 4.79 Å². The number of amides is 2. The Kier molecular flexibility index (Phi) is 6.02. The molecule has 0 aromatic rings. The van der Waals surface area contributed by atoms with Gasteiger partial charge in [0.25, 0.3) is 0 Å². The van der Waals surface area contributed by atoms with E-state index in [1.54, 1.807) is 7.05 Å². The van der Waals surface area contributed by atoms with E-state index < -0.39 is 11.8 Å². The number of rotatable bonds is 5. The van der Waals surface area contributed by atoms with E-state index in [1.165, 1.54) is 17.7 Å². The summed E-state index contributed by atoms with van der Waals surface area (Å²) in [5.74, 6) is -1.36. The van der Waals surface area contributed by atoms with Gasteiger partial charge < -0.3 is 24.8 Å². The van der Waals surface area contributed by atoms with Crippen molar-refractivity contribution < 1.29 is 24.2 Å². The van der Waals surface area contributed by atoms with Crippen LogP contribution in [0.5, 0.6) is 0 Å². The van der Waals surface area contributed by atoms with Crippen LogP contribution in [-0.4, -0.2) is 60.6 Å². The standard InChI is InChI=1S/C15H26N2O5/c1-17(9-6-13(18)19)14(20)16-10-12-11-21-15(22-12)7-4-2-3-5-8-15/h12H,2-11H2,1H3,(H,16,20)(H,18,19). The average molecular weight is 314 g/mol. The van der Waals surface area contributed by atoms with Gasteiger partial charge >= 0.3 is 12.0 Å². The van der Waals surface area contributed by atoms with Crippen molar-refractivity contribution in [1.29, 1.82) is 0 Å². The maximum atomic E-state index is 11.9. The molecule has 2 amide bonds. The second kappa shape index (κ2) is 7.78. The Hall–Kier alpha value is -1.34. The summed E-state index contributed by atoms with van der Waals surface area (Å²) in [6, 6.07) is -0.285. The molecule has 126 valence electrons. The van der Waals surface area contributed by atoms with Gasteiger partial charge in [0.15, 0.2) is 5.79 Å². The monoisotopic (exact) mass is 314 g/mol. The number of urea groups is 1. The van der Waals surface area contributed by atoms with Crippen LogP contribution in [0.1, 0.15) is 44.9 Å². The van der Waals surface area contributed by atoms with Crippen molar-refractivity contribution in [3.63, 3.8) is 0 Å². The van der Waals surface area contributed by atoms with Gasteiger partial charge in [-0.2, -0.15) is 0 Å². The Balaban J connectivity index is 1.71. The fourth-order valence-electron chi connectivity index (χ4n) is 2.95. The smallest absolute Gasteiger partial charge is 0.317 e. The third-order valence-electron chi connectivity index (χ3n) is 4.27. The lowest BCUT2D eigenvalue weighted by Crippen LogP contribution is -2.42. The van der Waals surface area contributed by atoms with Crippen molar-refractivity contribution >= 4 is 12.0 Å². The molecule has 2 fully saturated rings. The normalized spacial score (nSPS) is 24.0.